The number of ether oxygens (including phenoxy) is 1. The Bertz CT molecular complexity index is 549. The predicted octanol–water partition coefficient (Wildman–Crippen LogP) is 2.15. The topological polar surface area (TPSA) is 67.6 Å². The molecule has 0 saturated carbocycles. The normalized spacial score (nSPS) is 21.5. The van der Waals surface area contributed by atoms with E-state index in [0.717, 1.165) is 52.0 Å². The Morgan fingerprint density at radius 2 is 1.96 bits per heavy atom. The zero-order chi connectivity index (χ0) is 16.9. The summed E-state index contributed by atoms with van der Waals surface area (Å²) in [5.74, 6) is 0.394. The summed E-state index contributed by atoms with van der Waals surface area (Å²) in [6, 6.07) is 8.50. The van der Waals surface area contributed by atoms with E-state index in [1.165, 1.54) is 11.3 Å². The van der Waals surface area contributed by atoms with Gasteiger partial charge in [0.15, 0.2) is 0 Å². The van der Waals surface area contributed by atoms with Crippen LogP contribution in [0.4, 0.5) is 5.69 Å². The molecule has 0 aromatic heterocycles. The highest BCUT2D eigenvalue weighted by atomic mass is 16.5. The number of carbonyl (C=O) groups is 1. The Labute approximate surface area is 144 Å². The van der Waals surface area contributed by atoms with Crippen molar-refractivity contribution in [2.75, 3.05) is 31.6 Å². The fourth-order valence-corrected chi connectivity index (χ4v) is 3.70. The van der Waals surface area contributed by atoms with E-state index in [1.807, 2.05) is 4.90 Å². The van der Waals surface area contributed by atoms with E-state index in [-0.39, 0.29) is 17.9 Å². The first-order valence-corrected chi connectivity index (χ1v) is 9.09. The first-order chi connectivity index (χ1) is 11.6. The van der Waals surface area contributed by atoms with Gasteiger partial charge in [-0.05, 0) is 56.2 Å². The number of piperidine rings is 1. The van der Waals surface area contributed by atoms with Crippen LogP contribution in [0.25, 0.3) is 0 Å². The molecule has 2 aliphatic heterocycles. The van der Waals surface area contributed by atoms with E-state index in [9.17, 15) is 4.79 Å². The zero-order valence-electron chi connectivity index (χ0n) is 14.5. The van der Waals surface area contributed by atoms with Gasteiger partial charge in [0.2, 0.25) is 5.91 Å². The first kappa shape index (κ1) is 17.2. The molecule has 1 unspecified atom stereocenters. The highest BCUT2D eigenvalue weighted by Gasteiger charge is 2.31. The number of carbonyl (C=O) groups excluding carboxylic acids is 1. The van der Waals surface area contributed by atoms with Gasteiger partial charge >= 0.3 is 0 Å². The number of likely N-dealkylation sites (tertiary alicyclic amines) is 1. The van der Waals surface area contributed by atoms with Crippen molar-refractivity contribution >= 4 is 11.6 Å². The standard InChI is InChI=1S/C19H29N3O2/c1-14-3-2-4-17(13-14)21-16-5-9-22(10-6-16)19(23)18(20)15-7-11-24-12-8-15/h2-4,13,15-16,18,21H,5-12,20H2,1H3. The lowest BCUT2D eigenvalue weighted by molar-refractivity contribution is -0.135. The van der Waals surface area contributed by atoms with Crippen LogP contribution in [0.15, 0.2) is 24.3 Å². The minimum absolute atomic E-state index is 0.121. The average Bonchev–Trinajstić information content (AvgIpc) is 2.62. The van der Waals surface area contributed by atoms with Crippen molar-refractivity contribution in [2.45, 2.75) is 44.7 Å². The summed E-state index contributed by atoms with van der Waals surface area (Å²) in [5.41, 5.74) is 8.66. The maximum Gasteiger partial charge on any atom is 0.239 e. The smallest absolute Gasteiger partial charge is 0.239 e. The van der Waals surface area contributed by atoms with Crippen molar-refractivity contribution in [2.24, 2.45) is 11.7 Å². The largest absolute Gasteiger partial charge is 0.382 e. The molecule has 5 heteroatoms. The summed E-state index contributed by atoms with van der Waals surface area (Å²) in [5, 5.41) is 3.59. The molecule has 1 amide bonds. The SMILES string of the molecule is Cc1cccc(NC2CCN(C(=O)C(N)C3CCOCC3)CC2)c1. The van der Waals surface area contributed by atoms with Crippen LogP contribution in [0.2, 0.25) is 0 Å². The molecule has 1 aromatic carbocycles. The third-order valence-electron chi connectivity index (χ3n) is 5.25. The monoisotopic (exact) mass is 331 g/mol. The van der Waals surface area contributed by atoms with Crippen LogP contribution in [-0.4, -0.2) is 49.2 Å². The molecule has 2 fully saturated rings. The number of anilines is 1. The highest BCUT2D eigenvalue weighted by Crippen LogP contribution is 2.22. The summed E-state index contributed by atoms with van der Waals surface area (Å²) < 4.78 is 5.37. The quantitative estimate of drug-likeness (QED) is 0.887. The number of benzene rings is 1. The summed E-state index contributed by atoms with van der Waals surface area (Å²) in [4.78, 5) is 14.6. The molecule has 2 saturated heterocycles. The molecule has 0 bridgehead atoms. The Hall–Kier alpha value is -1.59. The van der Waals surface area contributed by atoms with E-state index in [0.29, 0.717) is 6.04 Å². The van der Waals surface area contributed by atoms with Crippen molar-refractivity contribution in [3.8, 4) is 0 Å². The lowest BCUT2D eigenvalue weighted by Gasteiger charge is -2.36. The van der Waals surface area contributed by atoms with Crippen LogP contribution in [0.5, 0.6) is 0 Å². The summed E-state index contributed by atoms with van der Waals surface area (Å²) in [7, 11) is 0. The van der Waals surface area contributed by atoms with Gasteiger partial charge in [-0.25, -0.2) is 0 Å². The molecular formula is C19H29N3O2. The fourth-order valence-electron chi connectivity index (χ4n) is 3.70. The Balaban J connectivity index is 1.48. The van der Waals surface area contributed by atoms with Crippen molar-refractivity contribution in [3.05, 3.63) is 29.8 Å². The Kier molecular flexibility index (Phi) is 5.74. The van der Waals surface area contributed by atoms with Gasteiger partial charge in [-0.15, -0.1) is 0 Å². The number of hydrogen-bond acceptors (Lipinski definition) is 4. The zero-order valence-corrected chi connectivity index (χ0v) is 14.5. The van der Waals surface area contributed by atoms with Gasteiger partial charge in [0.25, 0.3) is 0 Å². The molecule has 2 heterocycles. The van der Waals surface area contributed by atoms with Crippen LogP contribution in [-0.2, 0) is 9.53 Å². The minimum atomic E-state index is -0.366. The Morgan fingerprint density at radius 3 is 2.62 bits per heavy atom. The van der Waals surface area contributed by atoms with Gasteiger partial charge in [-0.1, -0.05) is 12.1 Å². The van der Waals surface area contributed by atoms with Crippen molar-refractivity contribution in [1.82, 2.24) is 4.90 Å². The number of amides is 1. The number of nitrogens with two attached hydrogens (primary N) is 1. The summed E-state index contributed by atoms with van der Waals surface area (Å²) in [6.45, 7) is 5.14. The van der Waals surface area contributed by atoms with E-state index in [1.54, 1.807) is 0 Å². The second-order valence-electron chi connectivity index (χ2n) is 7.09. The van der Waals surface area contributed by atoms with Crippen LogP contribution in [0, 0.1) is 12.8 Å². The van der Waals surface area contributed by atoms with Crippen molar-refractivity contribution in [1.29, 1.82) is 0 Å². The van der Waals surface area contributed by atoms with Crippen LogP contribution >= 0.6 is 0 Å². The highest BCUT2D eigenvalue weighted by molar-refractivity contribution is 5.82. The molecule has 0 aliphatic carbocycles. The maximum atomic E-state index is 12.6. The van der Waals surface area contributed by atoms with E-state index < -0.39 is 0 Å². The van der Waals surface area contributed by atoms with Gasteiger partial charge in [-0.3, -0.25) is 4.79 Å². The second-order valence-corrected chi connectivity index (χ2v) is 7.09. The number of rotatable bonds is 4. The van der Waals surface area contributed by atoms with Gasteiger partial charge in [0, 0.05) is 38.0 Å². The van der Waals surface area contributed by atoms with Crippen LogP contribution < -0.4 is 11.1 Å². The third-order valence-corrected chi connectivity index (χ3v) is 5.25. The molecule has 1 atom stereocenters. The molecule has 0 spiro atoms. The molecule has 2 aliphatic rings. The Morgan fingerprint density at radius 1 is 1.25 bits per heavy atom. The van der Waals surface area contributed by atoms with E-state index >= 15 is 0 Å². The molecule has 24 heavy (non-hydrogen) atoms. The van der Waals surface area contributed by atoms with Crippen LogP contribution in [0.1, 0.15) is 31.2 Å². The predicted molar refractivity (Wildman–Crippen MR) is 95.9 cm³/mol. The van der Waals surface area contributed by atoms with Crippen molar-refractivity contribution < 1.29 is 9.53 Å². The third kappa shape index (κ3) is 4.28. The first-order valence-electron chi connectivity index (χ1n) is 9.09. The molecule has 5 nitrogen and oxygen atoms in total. The fraction of sp³-hybridized carbons (Fsp3) is 0.632. The van der Waals surface area contributed by atoms with E-state index in [4.69, 9.17) is 10.5 Å². The molecule has 132 valence electrons. The second kappa shape index (κ2) is 7.99. The minimum Gasteiger partial charge on any atom is -0.382 e. The average molecular weight is 331 g/mol. The molecular weight excluding hydrogens is 302 g/mol. The lowest BCUT2D eigenvalue weighted by atomic mass is 9.91. The van der Waals surface area contributed by atoms with Gasteiger partial charge < -0.3 is 20.7 Å². The number of hydrogen-bond donors (Lipinski definition) is 2. The van der Waals surface area contributed by atoms with E-state index in [2.05, 4.69) is 36.5 Å². The summed E-state index contributed by atoms with van der Waals surface area (Å²) >= 11 is 0. The number of nitrogens with zero attached hydrogens (tertiary/aromatic N) is 1. The maximum absolute atomic E-state index is 12.6. The van der Waals surface area contributed by atoms with Crippen LogP contribution in [0.3, 0.4) is 0 Å². The van der Waals surface area contributed by atoms with Gasteiger partial charge in [-0.2, -0.15) is 0 Å². The van der Waals surface area contributed by atoms with Gasteiger partial charge in [0.1, 0.15) is 0 Å². The number of aryl methyl sites for hydroxylation is 1. The van der Waals surface area contributed by atoms with Crippen molar-refractivity contribution in [3.63, 3.8) is 0 Å². The number of nitrogens with one attached hydrogen (secondary N) is 1. The molecule has 0 radical (unpaired) electrons. The molecule has 3 N–H and O–H groups in total. The van der Waals surface area contributed by atoms with Gasteiger partial charge in [0.05, 0.1) is 6.04 Å². The molecule has 1 aromatic rings. The molecule has 3 rings (SSSR count). The lowest BCUT2D eigenvalue weighted by Crippen LogP contribution is -2.52. The summed E-state index contributed by atoms with van der Waals surface area (Å²) in [6.07, 6.45) is 3.75.